The molecule has 0 saturated carbocycles. The zero-order valence-corrected chi connectivity index (χ0v) is 19.3. The summed E-state index contributed by atoms with van der Waals surface area (Å²) in [4.78, 5) is 23.8. The number of ketones is 1. The molecule has 170 valence electrons. The fraction of sp³-hybridized carbons (Fsp3) is 0.400. The number of nitrogens with one attached hydrogen (secondary N) is 1. The maximum Gasteiger partial charge on any atom is 0.227 e. The first kappa shape index (κ1) is 22.6. The summed E-state index contributed by atoms with van der Waals surface area (Å²) in [5.41, 5.74) is 4.12. The molecule has 1 aliphatic heterocycles. The number of carbonyl (C=O) groups excluding carboxylic acids is 1. The largest absolute Gasteiger partial charge is 0.321 e. The summed E-state index contributed by atoms with van der Waals surface area (Å²) in [5, 5.41) is 16.7. The van der Waals surface area contributed by atoms with E-state index >= 15 is 0 Å². The van der Waals surface area contributed by atoms with E-state index in [1.165, 1.54) is 0 Å². The van der Waals surface area contributed by atoms with Gasteiger partial charge in [-0.05, 0) is 52.4 Å². The minimum Gasteiger partial charge on any atom is -0.321 e. The lowest BCUT2D eigenvalue weighted by atomic mass is 9.99. The van der Waals surface area contributed by atoms with Crippen molar-refractivity contribution < 1.29 is 4.79 Å². The average molecular weight is 444 g/mol. The third-order valence-corrected chi connectivity index (χ3v) is 6.08. The van der Waals surface area contributed by atoms with Crippen molar-refractivity contribution >= 4 is 17.4 Å². The standard InChI is InChI=1S/C25H29N7O/c1-17(13-26)12-23(33)19-4-6-20(7-5-19)24-18(2)14-27-25(30-24)29-21-15-28-32(16-21)22-8-10-31(3)11-9-22/h4-7,14-17,22H,8-12H2,1-3H3,(H,27,29,30)/t17-/m1/s1. The molecule has 1 fully saturated rings. The number of aromatic nitrogens is 4. The van der Waals surface area contributed by atoms with Crippen LogP contribution in [0.25, 0.3) is 11.3 Å². The average Bonchev–Trinajstić information content (AvgIpc) is 3.29. The predicted octanol–water partition coefficient (Wildman–Crippen LogP) is 4.39. The molecule has 8 heteroatoms. The van der Waals surface area contributed by atoms with Gasteiger partial charge in [0.1, 0.15) is 0 Å². The maximum absolute atomic E-state index is 12.3. The van der Waals surface area contributed by atoms with Crippen LogP contribution in [0.4, 0.5) is 11.6 Å². The van der Waals surface area contributed by atoms with Crippen LogP contribution in [0.5, 0.6) is 0 Å². The van der Waals surface area contributed by atoms with Gasteiger partial charge in [-0.15, -0.1) is 0 Å². The zero-order chi connectivity index (χ0) is 23.4. The predicted molar refractivity (Wildman–Crippen MR) is 127 cm³/mol. The molecule has 0 spiro atoms. The van der Waals surface area contributed by atoms with Crippen molar-refractivity contribution in [1.82, 2.24) is 24.6 Å². The number of likely N-dealkylation sites (tertiary alicyclic amines) is 1. The van der Waals surface area contributed by atoms with E-state index in [4.69, 9.17) is 10.2 Å². The van der Waals surface area contributed by atoms with E-state index in [9.17, 15) is 4.79 Å². The Kier molecular flexibility index (Phi) is 6.80. The number of hydrogen-bond acceptors (Lipinski definition) is 7. The lowest BCUT2D eigenvalue weighted by molar-refractivity contribution is 0.0973. The van der Waals surface area contributed by atoms with Gasteiger partial charge in [0, 0.05) is 29.9 Å². The fourth-order valence-electron chi connectivity index (χ4n) is 4.04. The molecule has 3 heterocycles. The Hall–Kier alpha value is -3.57. The van der Waals surface area contributed by atoms with Crippen LogP contribution in [-0.4, -0.2) is 50.6 Å². The Morgan fingerprint density at radius 3 is 2.67 bits per heavy atom. The molecule has 2 aromatic heterocycles. The number of piperidine rings is 1. The number of hydrogen-bond donors (Lipinski definition) is 1. The molecule has 33 heavy (non-hydrogen) atoms. The summed E-state index contributed by atoms with van der Waals surface area (Å²) >= 11 is 0. The van der Waals surface area contributed by atoms with Gasteiger partial charge >= 0.3 is 0 Å². The summed E-state index contributed by atoms with van der Waals surface area (Å²) in [6.07, 6.45) is 8.03. The first-order chi connectivity index (χ1) is 15.9. The molecule has 1 aromatic carbocycles. The summed E-state index contributed by atoms with van der Waals surface area (Å²) in [6, 6.07) is 9.89. The Bertz CT molecular complexity index is 1150. The Morgan fingerprint density at radius 2 is 1.97 bits per heavy atom. The number of benzene rings is 1. The second-order valence-corrected chi connectivity index (χ2v) is 8.83. The quantitative estimate of drug-likeness (QED) is 0.541. The van der Waals surface area contributed by atoms with Gasteiger partial charge in [-0.25, -0.2) is 9.97 Å². The van der Waals surface area contributed by atoms with E-state index in [1.807, 2.05) is 36.1 Å². The Balaban J connectivity index is 1.47. The summed E-state index contributed by atoms with van der Waals surface area (Å²) < 4.78 is 2.04. The van der Waals surface area contributed by atoms with Crippen LogP contribution in [-0.2, 0) is 0 Å². The topological polar surface area (TPSA) is 99.7 Å². The monoisotopic (exact) mass is 443 g/mol. The lowest BCUT2D eigenvalue weighted by Gasteiger charge is -2.28. The molecule has 3 aromatic rings. The number of aryl methyl sites for hydroxylation is 1. The summed E-state index contributed by atoms with van der Waals surface area (Å²) in [7, 11) is 2.15. The van der Waals surface area contributed by atoms with Crippen LogP contribution in [0.15, 0.2) is 42.9 Å². The molecular formula is C25H29N7O. The number of rotatable bonds is 7. The molecule has 0 aliphatic carbocycles. The van der Waals surface area contributed by atoms with E-state index in [1.54, 1.807) is 25.3 Å². The minimum absolute atomic E-state index is 0.0287. The second-order valence-electron chi connectivity index (χ2n) is 8.83. The smallest absolute Gasteiger partial charge is 0.227 e. The van der Waals surface area contributed by atoms with Crippen molar-refractivity contribution in [3.05, 3.63) is 54.0 Å². The number of anilines is 2. The highest BCUT2D eigenvalue weighted by Gasteiger charge is 2.19. The van der Waals surface area contributed by atoms with Crippen molar-refractivity contribution in [2.45, 2.75) is 39.2 Å². The van der Waals surface area contributed by atoms with Gasteiger partial charge < -0.3 is 10.2 Å². The third-order valence-electron chi connectivity index (χ3n) is 6.08. The van der Waals surface area contributed by atoms with Crippen LogP contribution in [0.3, 0.4) is 0 Å². The van der Waals surface area contributed by atoms with Gasteiger partial charge in [0.25, 0.3) is 0 Å². The number of Topliss-reactive ketones (excluding diaryl/α,β-unsaturated/α-hetero) is 1. The van der Waals surface area contributed by atoms with Crippen molar-refractivity contribution in [3.63, 3.8) is 0 Å². The van der Waals surface area contributed by atoms with Gasteiger partial charge in [-0.2, -0.15) is 10.4 Å². The molecule has 4 rings (SSSR count). The van der Waals surface area contributed by atoms with Crippen molar-refractivity contribution in [2.24, 2.45) is 5.92 Å². The SMILES string of the molecule is Cc1cnc(Nc2cnn(C3CCN(C)CC3)c2)nc1-c1ccc(C(=O)C[C@@H](C)C#N)cc1. The molecule has 1 aliphatic rings. The first-order valence-electron chi connectivity index (χ1n) is 11.3. The maximum atomic E-state index is 12.3. The van der Waals surface area contributed by atoms with Gasteiger partial charge in [0.15, 0.2) is 5.78 Å². The van der Waals surface area contributed by atoms with Crippen LogP contribution in [0.2, 0.25) is 0 Å². The molecule has 0 radical (unpaired) electrons. The highest BCUT2D eigenvalue weighted by Crippen LogP contribution is 2.26. The van der Waals surface area contributed by atoms with E-state index in [0.717, 1.165) is 48.4 Å². The van der Waals surface area contributed by atoms with E-state index in [2.05, 4.69) is 33.4 Å². The highest BCUT2D eigenvalue weighted by atomic mass is 16.1. The number of nitrogens with zero attached hydrogens (tertiary/aromatic N) is 6. The van der Waals surface area contributed by atoms with Crippen LogP contribution in [0.1, 0.15) is 48.1 Å². The fourth-order valence-corrected chi connectivity index (χ4v) is 4.04. The van der Waals surface area contributed by atoms with Crippen LogP contribution >= 0.6 is 0 Å². The molecular weight excluding hydrogens is 414 g/mol. The molecule has 0 bridgehead atoms. The third kappa shape index (κ3) is 5.44. The number of carbonyl (C=O) groups is 1. The van der Waals surface area contributed by atoms with Gasteiger partial charge in [0.05, 0.1) is 35.6 Å². The Morgan fingerprint density at radius 1 is 1.24 bits per heavy atom. The van der Waals surface area contributed by atoms with Gasteiger partial charge in [-0.1, -0.05) is 24.3 Å². The summed E-state index contributed by atoms with van der Waals surface area (Å²) in [6.45, 7) is 5.88. The molecule has 1 atom stereocenters. The Labute approximate surface area is 194 Å². The van der Waals surface area contributed by atoms with Gasteiger partial charge in [0.2, 0.25) is 5.95 Å². The zero-order valence-electron chi connectivity index (χ0n) is 19.3. The van der Waals surface area contributed by atoms with Crippen molar-refractivity contribution in [1.29, 1.82) is 5.26 Å². The molecule has 0 amide bonds. The van der Waals surface area contributed by atoms with Gasteiger partial charge in [-0.3, -0.25) is 9.48 Å². The van der Waals surface area contributed by atoms with E-state index < -0.39 is 0 Å². The molecule has 1 saturated heterocycles. The van der Waals surface area contributed by atoms with Crippen LogP contribution in [0, 0.1) is 24.2 Å². The van der Waals surface area contributed by atoms with E-state index in [-0.39, 0.29) is 18.1 Å². The normalized spacial score (nSPS) is 15.7. The first-order valence-corrected chi connectivity index (χ1v) is 11.3. The molecule has 1 N–H and O–H groups in total. The minimum atomic E-state index is -0.293. The molecule has 8 nitrogen and oxygen atoms in total. The van der Waals surface area contributed by atoms with Crippen LogP contribution < -0.4 is 5.32 Å². The highest BCUT2D eigenvalue weighted by molar-refractivity contribution is 5.96. The second kappa shape index (κ2) is 9.92. The van der Waals surface area contributed by atoms with Crippen molar-refractivity contribution in [3.8, 4) is 17.3 Å². The summed E-state index contributed by atoms with van der Waals surface area (Å²) in [5.74, 6) is 0.180. The number of nitriles is 1. The van der Waals surface area contributed by atoms with E-state index in [0.29, 0.717) is 17.6 Å². The molecule has 0 unspecified atom stereocenters. The lowest BCUT2D eigenvalue weighted by Crippen LogP contribution is -2.31. The van der Waals surface area contributed by atoms with Crippen molar-refractivity contribution in [2.75, 3.05) is 25.5 Å².